The third-order valence-electron chi connectivity index (χ3n) is 3.88. The fourth-order valence-electron chi connectivity index (χ4n) is 2.44. The first-order valence-electron chi connectivity index (χ1n) is 6.92. The van der Waals surface area contributed by atoms with E-state index in [4.69, 9.17) is 5.73 Å². The van der Waals surface area contributed by atoms with Crippen LogP contribution in [0.1, 0.15) is 20.3 Å². The molecule has 1 atom stereocenters. The molecule has 0 aliphatic carbocycles. The van der Waals surface area contributed by atoms with Crippen LogP contribution >= 0.6 is 0 Å². The quantitative estimate of drug-likeness (QED) is 0.663. The van der Waals surface area contributed by atoms with E-state index in [0.717, 1.165) is 32.6 Å². The molecular formula is C13H21N5O2. The number of piperazine rings is 1. The van der Waals surface area contributed by atoms with E-state index in [1.165, 1.54) is 12.1 Å². The lowest BCUT2D eigenvalue weighted by Gasteiger charge is -2.38. The number of nitrogen functional groups attached to an aromatic ring is 1. The van der Waals surface area contributed by atoms with E-state index in [1.807, 2.05) is 0 Å². The molecule has 0 saturated carbocycles. The van der Waals surface area contributed by atoms with Gasteiger partial charge in [0.1, 0.15) is 11.6 Å². The van der Waals surface area contributed by atoms with Gasteiger partial charge in [-0.2, -0.15) is 0 Å². The average molecular weight is 279 g/mol. The molecule has 0 amide bonds. The maximum Gasteiger partial charge on any atom is 0.276 e. The average Bonchev–Trinajstić information content (AvgIpc) is 2.46. The highest BCUT2D eigenvalue weighted by molar-refractivity contribution is 5.54. The van der Waals surface area contributed by atoms with Crippen LogP contribution < -0.4 is 10.6 Å². The fraction of sp³-hybridized carbons (Fsp3) is 0.615. The highest BCUT2D eigenvalue weighted by Gasteiger charge is 2.22. The van der Waals surface area contributed by atoms with E-state index in [2.05, 4.69) is 28.6 Å². The maximum absolute atomic E-state index is 10.9. The van der Waals surface area contributed by atoms with Gasteiger partial charge in [-0.15, -0.1) is 0 Å². The van der Waals surface area contributed by atoms with E-state index in [-0.39, 0.29) is 11.5 Å². The van der Waals surface area contributed by atoms with Crippen LogP contribution in [-0.4, -0.2) is 47.0 Å². The normalized spacial score (nSPS) is 18.0. The lowest BCUT2D eigenvalue weighted by Crippen LogP contribution is -2.49. The minimum absolute atomic E-state index is 0.00291. The molecule has 110 valence electrons. The van der Waals surface area contributed by atoms with Crippen molar-refractivity contribution in [2.45, 2.75) is 26.3 Å². The Morgan fingerprint density at radius 1 is 1.40 bits per heavy atom. The van der Waals surface area contributed by atoms with Crippen molar-refractivity contribution in [1.29, 1.82) is 0 Å². The number of hydrogen-bond acceptors (Lipinski definition) is 6. The zero-order valence-corrected chi connectivity index (χ0v) is 12.0. The van der Waals surface area contributed by atoms with Crippen LogP contribution in [0.4, 0.5) is 17.3 Å². The van der Waals surface area contributed by atoms with Gasteiger partial charge in [0.05, 0.1) is 17.1 Å². The van der Waals surface area contributed by atoms with Gasteiger partial charge in [0.2, 0.25) is 0 Å². The van der Waals surface area contributed by atoms with Crippen LogP contribution in [-0.2, 0) is 0 Å². The van der Waals surface area contributed by atoms with E-state index < -0.39 is 4.92 Å². The molecule has 1 aromatic heterocycles. The molecule has 2 heterocycles. The first-order valence-corrected chi connectivity index (χ1v) is 6.92. The maximum atomic E-state index is 10.9. The number of anilines is 2. The molecule has 0 bridgehead atoms. The molecule has 1 unspecified atom stereocenters. The van der Waals surface area contributed by atoms with Crippen LogP contribution in [0, 0.1) is 10.1 Å². The molecular weight excluding hydrogens is 258 g/mol. The SMILES string of the molecule is CCC(C)N1CCN(c2cc([N+](=O)[O-])cc(N)n2)CC1. The molecule has 2 N–H and O–H groups in total. The standard InChI is InChI=1S/C13H21N5O2/c1-3-10(2)16-4-6-17(7-5-16)13-9-11(18(19)20)8-12(14)15-13/h8-10H,3-7H2,1-2H3,(H2,14,15). The Hall–Kier alpha value is -1.89. The summed E-state index contributed by atoms with van der Waals surface area (Å²) in [6, 6.07) is 3.36. The first kappa shape index (κ1) is 14.5. The van der Waals surface area contributed by atoms with Gasteiger partial charge in [-0.3, -0.25) is 15.0 Å². The van der Waals surface area contributed by atoms with Crippen molar-refractivity contribution >= 4 is 17.3 Å². The molecule has 1 aliphatic heterocycles. The number of nitrogens with zero attached hydrogens (tertiary/aromatic N) is 4. The zero-order chi connectivity index (χ0) is 14.7. The third-order valence-corrected chi connectivity index (χ3v) is 3.88. The highest BCUT2D eigenvalue weighted by atomic mass is 16.6. The Balaban J connectivity index is 2.09. The van der Waals surface area contributed by atoms with Crippen molar-refractivity contribution in [1.82, 2.24) is 9.88 Å². The van der Waals surface area contributed by atoms with Crippen LogP contribution in [0.5, 0.6) is 0 Å². The summed E-state index contributed by atoms with van der Waals surface area (Å²) in [5.74, 6) is 0.791. The molecule has 0 spiro atoms. The lowest BCUT2D eigenvalue weighted by atomic mass is 10.2. The van der Waals surface area contributed by atoms with E-state index in [0.29, 0.717) is 11.9 Å². The summed E-state index contributed by atoms with van der Waals surface area (Å²) in [5.41, 5.74) is 5.65. The van der Waals surface area contributed by atoms with Gasteiger partial charge < -0.3 is 10.6 Å². The second-order valence-electron chi connectivity index (χ2n) is 5.15. The minimum Gasteiger partial charge on any atom is -0.383 e. The predicted octanol–water partition coefficient (Wildman–Crippen LogP) is 1.49. The predicted molar refractivity (Wildman–Crippen MR) is 78.8 cm³/mol. The topological polar surface area (TPSA) is 88.5 Å². The van der Waals surface area contributed by atoms with Gasteiger partial charge in [0.25, 0.3) is 5.69 Å². The first-order chi connectivity index (χ1) is 9.51. The van der Waals surface area contributed by atoms with E-state index >= 15 is 0 Å². The largest absolute Gasteiger partial charge is 0.383 e. The van der Waals surface area contributed by atoms with Crippen LogP contribution in [0.25, 0.3) is 0 Å². The van der Waals surface area contributed by atoms with Gasteiger partial charge in [0.15, 0.2) is 0 Å². The van der Waals surface area contributed by atoms with Crippen LogP contribution in [0.3, 0.4) is 0 Å². The Kier molecular flexibility index (Phi) is 4.39. The Morgan fingerprint density at radius 2 is 2.05 bits per heavy atom. The molecule has 7 heteroatoms. The van der Waals surface area contributed by atoms with Crippen molar-refractivity contribution < 1.29 is 4.92 Å². The Bertz CT molecular complexity index is 486. The number of nitro groups is 1. The van der Waals surface area contributed by atoms with E-state index in [1.54, 1.807) is 0 Å². The van der Waals surface area contributed by atoms with Gasteiger partial charge >= 0.3 is 0 Å². The second-order valence-corrected chi connectivity index (χ2v) is 5.15. The molecule has 0 aromatic carbocycles. The Morgan fingerprint density at radius 3 is 2.60 bits per heavy atom. The van der Waals surface area contributed by atoms with Crippen LogP contribution in [0.15, 0.2) is 12.1 Å². The summed E-state index contributed by atoms with van der Waals surface area (Å²) in [6.07, 6.45) is 1.13. The molecule has 1 aliphatic rings. The summed E-state index contributed by atoms with van der Waals surface area (Å²) in [6.45, 7) is 7.92. The molecule has 1 fully saturated rings. The second kappa shape index (κ2) is 6.04. The number of hydrogen-bond donors (Lipinski definition) is 1. The van der Waals surface area contributed by atoms with Gasteiger partial charge in [0, 0.05) is 32.2 Å². The lowest BCUT2D eigenvalue weighted by molar-refractivity contribution is -0.384. The Labute approximate surface area is 118 Å². The van der Waals surface area contributed by atoms with Crippen LogP contribution in [0.2, 0.25) is 0 Å². The van der Waals surface area contributed by atoms with Gasteiger partial charge in [-0.1, -0.05) is 6.92 Å². The van der Waals surface area contributed by atoms with Crippen molar-refractivity contribution in [3.05, 3.63) is 22.2 Å². The van der Waals surface area contributed by atoms with E-state index in [9.17, 15) is 10.1 Å². The van der Waals surface area contributed by atoms with Crippen molar-refractivity contribution in [3.8, 4) is 0 Å². The summed E-state index contributed by atoms with van der Waals surface area (Å²) in [5, 5.41) is 10.9. The zero-order valence-electron chi connectivity index (χ0n) is 12.0. The number of aromatic nitrogens is 1. The highest BCUT2D eigenvalue weighted by Crippen LogP contribution is 2.23. The summed E-state index contributed by atoms with van der Waals surface area (Å²) >= 11 is 0. The molecule has 1 aromatic rings. The van der Waals surface area contributed by atoms with Crippen molar-refractivity contribution in [2.75, 3.05) is 36.8 Å². The van der Waals surface area contributed by atoms with Crippen molar-refractivity contribution in [3.63, 3.8) is 0 Å². The fourth-order valence-corrected chi connectivity index (χ4v) is 2.44. The minimum atomic E-state index is -0.434. The summed E-state index contributed by atoms with van der Waals surface area (Å²) < 4.78 is 0. The molecule has 7 nitrogen and oxygen atoms in total. The summed E-state index contributed by atoms with van der Waals surface area (Å²) in [4.78, 5) is 19.1. The smallest absolute Gasteiger partial charge is 0.276 e. The molecule has 20 heavy (non-hydrogen) atoms. The monoisotopic (exact) mass is 279 g/mol. The van der Waals surface area contributed by atoms with Gasteiger partial charge in [-0.25, -0.2) is 4.98 Å². The van der Waals surface area contributed by atoms with Crippen molar-refractivity contribution in [2.24, 2.45) is 0 Å². The molecule has 1 saturated heterocycles. The number of nitrogens with two attached hydrogens (primary N) is 1. The summed E-state index contributed by atoms with van der Waals surface area (Å²) in [7, 11) is 0. The van der Waals surface area contributed by atoms with Gasteiger partial charge in [-0.05, 0) is 13.3 Å². The number of pyridine rings is 1. The molecule has 2 rings (SSSR count). The third kappa shape index (κ3) is 3.16. The molecule has 0 radical (unpaired) electrons. The number of rotatable bonds is 4.